The summed E-state index contributed by atoms with van der Waals surface area (Å²) in [6, 6.07) is 0. The Morgan fingerprint density at radius 3 is 1.81 bits per heavy atom. The molecule has 1 nitrogen and oxygen atoms in total. The summed E-state index contributed by atoms with van der Waals surface area (Å²) in [7, 11) is 0. The van der Waals surface area contributed by atoms with E-state index in [1.165, 1.54) is 25.8 Å². The molecule has 1 N–H and O–H groups in total. The molecule has 0 spiro atoms. The van der Waals surface area contributed by atoms with Crippen LogP contribution < -0.4 is 5.32 Å². The van der Waals surface area contributed by atoms with Gasteiger partial charge in [-0.1, -0.05) is 54.4 Å². The molecular formula is C15H33N. The molecule has 0 fully saturated rings. The van der Waals surface area contributed by atoms with E-state index < -0.39 is 0 Å². The summed E-state index contributed by atoms with van der Waals surface area (Å²) in [6.45, 7) is 16.3. The lowest BCUT2D eigenvalue weighted by molar-refractivity contribution is 0.273. The molecule has 0 bridgehead atoms. The molecule has 0 aromatic rings. The van der Waals surface area contributed by atoms with Crippen LogP contribution in [0.3, 0.4) is 0 Å². The highest BCUT2D eigenvalue weighted by molar-refractivity contribution is 4.70. The van der Waals surface area contributed by atoms with Gasteiger partial charge in [0.25, 0.3) is 0 Å². The maximum absolute atomic E-state index is 3.62. The fourth-order valence-corrected chi connectivity index (χ4v) is 2.20. The largest absolute Gasteiger partial charge is 0.316 e. The fourth-order valence-electron chi connectivity index (χ4n) is 2.20. The van der Waals surface area contributed by atoms with Gasteiger partial charge in [0.2, 0.25) is 0 Å². The first kappa shape index (κ1) is 16.0. The second-order valence-corrected chi connectivity index (χ2v) is 5.97. The predicted molar refractivity (Wildman–Crippen MR) is 74.7 cm³/mol. The van der Waals surface area contributed by atoms with E-state index in [-0.39, 0.29) is 0 Å². The highest BCUT2D eigenvalue weighted by Gasteiger charge is 2.17. The summed E-state index contributed by atoms with van der Waals surface area (Å²) in [6.07, 6.45) is 4.07. The molecule has 16 heavy (non-hydrogen) atoms. The summed E-state index contributed by atoms with van der Waals surface area (Å²) in [5, 5.41) is 3.62. The highest BCUT2D eigenvalue weighted by Crippen LogP contribution is 2.24. The van der Waals surface area contributed by atoms with E-state index >= 15 is 0 Å². The van der Waals surface area contributed by atoms with Crippen LogP contribution in [0.25, 0.3) is 0 Å². The van der Waals surface area contributed by atoms with Crippen molar-refractivity contribution in [2.24, 2.45) is 23.7 Å². The van der Waals surface area contributed by atoms with Crippen molar-refractivity contribution in [3.8, 4) is 0 Å². The quantitative estimate of drug-likeness (QED) is 0.618. The highest BCUT2D eigenvalue weighted by atomic mass is 14.9. The molecule has 0 rings (SSSR count). The fraction of sp³-hybridized carbons (Fsp3) is 1.00. The minimum Gasteiger partial charge on any atom is -0.316 e. The third-order valence-corrected chi connectivity index (χ3v) is 3.69. The predicted octanol–water partition coefficient (Wildman–Crippen LogP) is 4.33. The lowest BCUT2D eigenvalue weighted by atomic mass is 9.84. The van der Waals surface area contributed by atoms with Crippen molar-refractivity contribution in [2.45, 2.75) is 60.8 Å². The van der Waals surface area contributed by atoms with Gasteiger partial charge in [0.1, 0.15) is 0 Å². The number of rotatable bonds is 9. The zero-order chi connectivity index (χ0) is 12.6. The Labute approximate surface area is 103 Å². The maximum Gasteiger partial charge on any atom is -0.00179 e. The summed E-state index contributed by atoms with van der Waals surface area (Å²) < 4.78 is 0. The van der Waals surface area contributed by atoms with Gasteiger partial charge in [0, 0.05) is 0 Å². The van der Waals surface area contributed by atoms with Gasteiger partial charge in [-0.3, -0.25) is 0 Å². The van der Waals surface area contributed by atoms with E-state index in [1.54, 1.807) is 0 Å². The van der Waals surface area contributed by atoms with Gasteiger partial charge >= 0.3 is 0 Å². The lowest BCUT2D eigenvalue weighted by Crippen LogP contribution is -2.30. The zero-order valence-electron chi connectivity index (χ0n) is 12.3. The second kappa shape index (κ2) is 9.04. The third kappa shape index (κ3) is 7.27. The van der Waals surface area contributed by atoms with Crippen molar-refractivity contribution in [3.05, 3.63) is 0 Å². The molecule has 1 atom stereocenters. The zero-order valence-corrected chi connectivity index (χ0v) is 12.3. The number of hydrogen-bond acceptors (Lipinski definition) is 1. The average molecular weight is 227 g/mol. The Bertz CT molecular complexity index is 148. The Kier molecular flexibility index (Phi) is 9.02. The maximum atomic E-state index is 3.62. The van der Waals surface area contributed by atoms with Crippen molar-refractivity contribution >= 4 is 0 Å². The first-order valence-electron chi connectivity index (χ1n) is 7.21. The van der Waals surface area contributed by atoms with Crippen LogP contribution in [0.2, 0.25) is 0 Å². The van der Waals surface area contributed by atoms with Crippen LogP contribution in [0.15, 0.2) is 0 Å². The van der Waals surface area contributed by atoms with E-state index in [1.807, 2.05) is 0 Å². The van der Waals surface area contributed by atoms with Gasteiger partial charge in [-0.25, -0.2) is 0 Å². The normalized spacial score (nSPS) is 14.1. The van der Waals surface area contributed by atoms with E-state index in [9.17, 15) is 0 Å². The minimum atomic E-state index is 0.765. The van der Waals surface area contributed by atoms with Crippen LogP contribution in [0.4, 0.5) is 0 Å². The van der Waals surface area contributed by atoms with Gasteiger partial charge in [0.15, 0.2) is 0 Å². The molecule has 0 aliphatic heterocycles. The summed E-state index contributed by atoms with van der Waals surface area (Å²) in [5.74, 6) is 3.35. The van der Waals surface area contributed by atoms with Gasteiger partial charge < -0.3 is 5.32 Å². The van der Waals surface area contributed by atoms with Crippen LogP contribution >= 0.6 is 0 Å². The molecule has 0 aromatic carbocycles. The molecule has 98 valence electrons. The van der Waals surface area contributed by atoms with Crippen LogP contribution in [-0.4, -0.2) is 13.1 Å². The van der Waals surface area contributed by atoms with Crippen molar-refractivity contribution in [2.75, 3.05) is 13.1 Å². The molecule has 0 heterocycles. The monoisotopic (exact) mass is 227 g/mol. The smallest absolute Gasteiger partial charge is 0.00179 e. The Morgan fingerprint density at radius 2 is 1.44 bits per heavy atom. The molecule has 0 saturated heterocycles. The minimum absolute atomic E-state index is 0.765. The molecule has 0 aromatic heterocycles. The van der Waals surface area contributed by atoms with Gasteiger partial charge in [-0.05, 0) is 43.2 Å². The van der Waals surface area contributed by atoms with Crippen molar-refractivity contribution in [1.82, 2.24) is 5.32 Å². The third-order valence-electron chi connectivity index (χ3n) is 3.69. The van der Waals surface area contributed by atoms with Crippen LogP contribution in [0, 0.1) is 23.7 Å². The van der Waals surface area contributed by atoms with Gasteiger partial charge in [-0.15, -0.1) is 0 Å². The standard InChI is InChI=1S/C15H33N/c1-7-14(8-2)9-15(13(5)6)11-16-10-12(3)4/h12-16H,7-11H2,1-6H3. The molecule has 1 unspecified atom stereocenters. The Balaban J connectivity index is 3.96. The lowest BCUT2D eigenvalue weighted by Gasteiger charge is -2.26. The molecule has 1 heteroatoms. The number of hydrogen-bond donors (Lipinski definition) is 1. The van der Waals surface area contributed by atoms with E-state index in [0.29, 0.717) is 0 Å². The van der Waals surface area contributed by atoms with Crippen LogP contribution in [0.1, 0.15) is 60.8 Å². The van der Waals surface area contributed by atoms with Crippen LogP contribution in [0.5, 0.6) is 0 Å². The Hall–Kier alpha value is -0.0400. The topological polar surface area (TPSA) is 12.0 Å². The first-order valence-corrected chi connectivity index (χ1v) is 7.21. The summed E-state index contributed by atoms with van der Waals surface area (Å²) in [4.78, 5) is 0. The average Bonchev–Trinajstić information content (AvgIpc) is 2.22. The Morgan fingerprint density at radius 1 is 0.875 bits per heavy atom. The second-order valence-electron chi connectivity index (χ2n) is 5.97. The van der Waals surface area contributed by atoms with Crippen molar-refractivity contribution < 1.29 is 0 Å². The van der Waals surface area contributed by atoms with Crippen molar-refractivity contribution in [1.29, 1.82) is 0 Å². The first-order chi connectivity index (χ1) is 7.51. The molecule has 0 amide bonds. The summed E-state index contributed by atoms with van der Waals surface area (Å²) in [5.41, 5.74) is 0. The van der Waals surface area contributed by atoms with E-state index in [2.05, 4.69) is 46.9 Å². The van der Waals surface area contributed by atoms with E-state index in [4.69, 9.17) is 0 Å². The molecule has 0 aliphatic rings. The molecule has 0 radical (unpaired) electrons. The van der Waals surface area contributed by atoms with E-state index in [0.717, 1.165) is 30.2 Å². The van der Waals surface area contributed by atoms with Gasteiger partial charge in [-0.2, -0.15) is 0 Å². The molecule has 0 aliphatic carbocycles. The SMILES string of the molecule is CCC(CC)CC(CNCC(C)C)C(C)C. The van der Waals surface area contributed by atoms with Crippen LogP contribution in [-0.2, 0) is 0 Å². The number of nitrogens with one attached hydrogen (secondary N) is 1. The molecule has 0 saturated carbocycles. The summed E-state index contributed by atoms with van der Waals surface area (Å²) >= 11 is 0. The molecular weight excluding hydrogens is 194 g/mol. The van der Waals surface area contributed by atoms with Gasteiger partial charge in [0.05, 0.1) is 0 Å². The van der Waals surface area contributed by atoms with Crippen molar-refractivity contribution in [3.63, 3.8) is 0 Å².